The number of nitrogens with one attached hydrogen (secondary N) is 1. The highest BCUT2D eigenvalue weighted by Gasteiger charge is 2.37. The van der Waals surface area contributed by atoms with Gasteiger partial charge in [0.1, 0.15) is 6.04 Å². The molecule has 0 spiro atoms. The number of amides is 1. The SMILES string of the molecule is CCC(=O)Nc1nc2n(n1)C(c1ccc(C#N)cc1)C(C#N)=C(C)N2c1cccc(C(F)(F)F)c1. The van der Waals surface area contributed by atoms with Crippen LogP contribution in [0.1, 0.15) is 43.0 Å². The van der Waals surface area contributed by atoms with Crippen LogP contribution in [-0.2, 0) is 11.0 Å². The highest BCUT2D eigenvalue weighted by molar-refractivity contribution is 5.89. The Labute approximate surface area is 198 Å². The van der Waals surface area contributed by atoms with Crippen LogP contribution in [0.25, 0.3) is 0 Å². The molecule has 0 aliphatic carbocycles. The van der Waals surface area contributed by atoms with Crippen molar-refractivity contribution in [3.63, 3.8) is 0 Å². The van der Waals surface area contributed by atoms with Crippen LogP contribution < -0.4 is 10.2 Å². The van der Waals surface area contributed by atoms with Crippen LogP contribution >= 0.6 is 0 Å². The minimum atomic E-state index is -4.57. The third-order valence-corrected chi connectivity index (χ3v) is 5.54. The molecular formula is C24H18F3N7O. The molecule has 2 aromatic carbocycles. The predicted molar refractivity (Wildman–Crippen MR) is 120 cm³/mol. The van der Waals surface area contributed by atoms with Crippen LogP contribution in [0.5, 0.6) is 0 Å². The maximum atomic E-state index is 13.4. The van der Waals surface area contributed by atoms with Gasteiger partial charge in [-0.2, -0.15) is 28.7 Å². The Balaban J connectivity index is 1.94. The molecule has 0 saturated heterocycles. The number of aromatic nitrogens is 3. The lowest BCUT2D eigenvalue weighted by Gasteiger charge is -2.34. The fourth-order valence-corrected chi connectivity index (χ4v) is 3.82. The van der Waals surface area contributed by atoms with Crippen LogP contribution in [0.4, 0.5) is 30.8 Å². The van der Waals surface area contributed by atoms with Crippen molar-refractivity contribution < 1.29 is 18.0 Å². The van der Waals surface area contributed by atoms with Gasteiger partial charge in [-0.15, -0.1) is 5.10 Å². The second kappa shape index (κ2) is 8.95. The maximum Gasteiger partial charge on any atom is 0.416 e. The summed E-state index contributed by atoms with van der Waals surface area (Å²) in [4.78, 5) is 17.8. The van der Waals surface area contributed by atoms with E-state index in [4.69, 9.17) is 5.26 Å². The molecule has 3 aromatic rings. The third kappa shape index (κ3) is 4.32. The van der Waals surface area contributed by atoms with E-state index in [9.17, 15) is 23.2 Å². The number of hydrogen-bond acceptors (Lipinski definition) is 6. The first-order chi connectivity index (χ1) is 16.7. The summed E-state index contributed by atoms with van der Waals surface area (Å²) in [5.41, 5.74) is 0.881. The minimum Gasteiger partial charge on any atom is -0.293 e. The molecule has 176 valence electrons. The lowest BCUT2D eigenvalue weighted by molar-refractivity contribution is -0.137. The van der Waals surface area contributed by atoms with Crippen molar-refractivity contribution in [2.24, 2.45) is 0 Å². The summed E-state index contributed by atoms with van der Waals surface area (Å²) in [7, 11) is 0. The first-order valence-electron chi connectivity index (χ1n) is 10.5. The molecule has 1 aliphatic rings. The number of halogens is 3. The van der Waals surface area contributed by atoms with E-state index < -0.39 is 17.8 Å². The quantitative estimate of drug-likeness (QED) is 0.563. The number of benzene rings is 2. The van der Waals surface area contributed by atoms with Gasteiger partial charge in [0.05, 0.1) is 28.8 Å². The summed E-state index contributed by atoms with van der Waals surface area (Å²) in [5.74, 6) is -0.269. The van der Waals surface area contributed by atoms with Gasteiger partial charge in [-0.25, -0.2) is 4.68 Å². The summed E-state index contributed by atoms with van der Waals surface area (Å²) in [6.07, 6.45) is -4.40. The molecule has 1 aromatic heterocycles. The molecule has 0 fully saturated rings. The van der Waals surface area contributed by atoms with Crippen molar-refractivity contribution in [2.45, 2.75) is 32.5 Å². The summed E-state index contributed by atoms with van der Waals surface area (Å²) in [6.45, 7) is 3.26. The van der Waals surface area contributed by atoms with Crippen molar-refractivity contribution in [3.8, 4) is 12.1 Å². The molecule has 0 saturated carbocycles. The Bertz CT molecular complexity index is 1410. The van der Waals surface area contributed by atoms with E-state index in [0.717, 1.165) is 12.1 Å². The van der Waals surface area contributed by atoms with Crippen LogP contribution in [0, 0.1) is 22.7 Å². The van der Waals surface area contributed by atoms with Gasteiger partial charge in [0.15, 0.2) is 0 Å². The maximum absolute atomic E-state index is 13.4. The summed E-state index contributed by atoms with van der Waals surface area (Å²) in [6, 6.07) is 14.6. The van der Waals surface area contributed by atoms with Crippen LogP contribution in [0.2, 0.25) is 0 Å². The number of nitriles is 2. The Kier molecular flexibility index (Phi) is 6.01. The average Bonchev–Trinajstić information content (AvgIpc) is 3.25. The average molecular weight is 477 g/mol. The molecule has 0 radical (unpaired) electrons. The molecule has 2 heterocycles. The molecule has 8 nitrogen and oxygen atoms in total. The molecule has 1 unspecified atom stereocenters. The van der Waals surface area contributed by atoms with E-state index in [2.05, 4.69) is 21.5 Å². The summed E-state index contributed by atoms with van der Waals surface area (Å²) >= 11 is 0. The number of carbonyl (C=O) groups excluding carboxylic acids is 1. The first-order valence-corrected chi connectivity index (χ1v) is 10.5. The Morgan fingerprint density at radius 3 is 2.46 bits per heavy atom. The normalized spacial score (nSPS) is 15.3. The first kappa shape index (κ1) is 23.5. The van der Waals surface area contributed by atoms with Crippen molar-refractivity contribution in [2.75, 3.05) is 10.2 Å². The third-order valence-electron chi connectivity index (χ3n) is 5.54. The van der Waals surface area contributed by atoms with Crippen molar-refractivity contribution in [3.05, 3.63) is 76.5 Å². The van der Waals surface area contributed by atoms with Crippen LogP contribution in [0.15, 0.2) is 59.8 Å². The van der Waals surface area contributed by atoms with Crippen molar-refractivity contribution in [1.82, 2.24) is 14.8 Å². The van der Waals surface area contributed by atoms with Gasteiger partial charge in [-0.05, 0) is 42.8 Å². The van der Waals surface area contributed by atoms with Gasteiger partial charge >= 0.3 is 6.18 Å². The molecule has 4 rings (SSSR count). The summed E-state index contributed by atoms with van der Waals surface area (Å²) in [5, 5.41) is 26.1. The fourth-order valence-electron chi connectivity index (χ4n) is 3.82. The Morgan fingerprint density at radius 2 is 1.86 bits per heavy atom. The van der Waals surface area contributed by atoms with Crippen LogP contribution in [0.3, 0.4) is 0 Å². The lowest BCUT2D eigenvalue weighted by atomic mass is 9.95. The molecule has 35 heavy (non-hydrogen) atoms. The second-order valence-corrected chi connectivity index (χ2v) is 7.71. The van der Waals surface area contributed by atoms with Gasteiger partial charge in [0.2, 0.25) is 11.9 Å². The number of rotatable bonds is 4. The topological polar surface area (TPSA) is 111 Å². The van der Waals surface area contributed by atoms with E-state index in [-0.39, 0.29) is 35.5 Å². The van der Waals surface area contributed by atoms with Gasteiger partial charge < -0.3 is 0 Å². The molecular weight excluding hydrogens is 459 g/mol. The van der Waals surface area contributed by atoms with Gasteiger partial charge in [-0.3, -0.25) is 15.0 Å². The molecule has 1 N–H and O–H groups in total. The smallest absolute Gasteiger partial charge is 0.293 e. The Morgan fingerprint density at radius 1 is 1.14 bits per heavy atom. The standard InChI is InChI=1S/C24H18F3N7O/c1-3-20(35)30-22-31-23-33(18-6-4-5-17(11-18)24(25,26)27)14(2)19(13-29)21(34(23)32-22)16-9-7-15(12-28)8-10-16/h4-11,21H,3H2,1-2H3,(H,30,32,35). The number of alkyl halides is 3. The zero-order valence-electron chi connectivity index (χ0n) is 18.6. The second-order valence-electron chi connectivity index (χ2n) is 7.71. The number of carbonyl (C=O) groups is 1. The zero-order chi connectivity index (χ0) is 25.3. The number of anilines is 3. The highest BCUT2D eigenvalue weighted by Crippen LogP contribution is 2.43. The summed E-state index contributed by atoms with van der Waals surface area (Å²) < 4.78 is 41.6. The Hall–Kier alpha value is -4.64. The zero-order valence-corrected chi connectivity index (χ0v) is 18.6. The van der Waals surface area contributed by atoms with Gasteiger partial charge in [0.25, 0.3) is 5.95 Å². The van der Waals surface area contributed by atoms with Crippen LogP contribution in [-0.4, -0.2) is 20.7 Å². The molecule has 1 aliphatic heterocycles. The number of fused-ring (bicyclic) bond motifs is 1. The monoisotopic (exact) mass is 477 g/mol. The minimum absolute atomic E-state index is 0.0468. The number of nitrogens with zero attached hydrogens (tertiary/aromatic N) is 6. The van der Waals surface area contributed by atoms with E-state index in [1.807, 2.05) is 6.07 Å². The lowest BCUT2D eigenvalue weighted by Crippen LogP contribution is -2.31. The van der Waals surface area contributed by atoms with Gasteiger partial charge in [0, 0.05) is 17.8 Å². The number of hydrogen-bond donors (Lipinski definition) is 1. The van der Waals surface area contributed by atoms with E-state index in [1.54, 1.807) is 38.1 Å². The molecule has 0 bridgehead atoms. The molecule has 1 atom stereocenters. The fraction of sp³-hybridized carbons (Fsp3) is 0.208. The highest BCUT2D eigenvalue weighted by atomic mass is 19.4. The predicted octanol–water partition coefficient (Wildman–Crippen LogP) is 5.06. The van der Waals surface area contributed by atoms with E-state index in [1.165, 1.54) is 21.7 Å². The number of allylic oxidation sites excluding steroid dienone is 2. The van der Waals surface area contributed by atoms with E-state index >= 15 is 0 Å². The van der Waals surface area contributed by atoms with Crippen molar-refractivity contribution in [1.29, 1.82) is 10.5 Å². The molecule has 11 heteroatoms. The largest absolute Gasteiger partial charge is 0.416 e. The van der Waals surface area contributed by atoms with Crippen molar-refractivity contribution >= 4 is 23.5 Å². The van der Waals surface area contributed by atoms with E-state index in [0.29, 0.717) is 16.8 Å². The van der Waals surface area contributed by atoms with Gasteiger partial charge in [-0.1, -0.05) is 25.1 Å². The molecule has 1 amide bonds.